The number of benzene rings is 1. The van der Waals surface area contributed by atoms with Crippen LogP contribution in [0.4, 0.5) is 0 Å². The fourth-order valence-corrected chi connectivity index (χ4v) is 3.64. The third-order valence-electron chi connectivity index (χ3n) is 4.18. The molecule has 20 heavy (non-hydrogen) atoms. The molecular formula is C18H29NO. The summed E-state index contributed by atoms with van der Waals surface area (Å²) in [6.07, 6.45) is 3.93. The molecule has 1 aromatic carbocycles. The van der Waals surface area contributed by atoms with Crippen LogP contribution in [0.3, 0.4) is 0 Å². The van der Waals surface area contributed by atoms with Crippen LogP contribution in [-0.4, -0.2) is 19.2 Å². The second-order valence-corrected chi connectivity index (χ2v) is 7.23. The largest absolute Gasteiger partial charge is 0.492 e. The monoisotopic (exact) mass is 275 g/mol. The van der Waals surface area contributed by atoms with E-state index < -0.39 is 0 Å². The Balaban J connectivity index is 1.71. The molecule has 0 saturated heterocycles. The van der Waals surface area contributed by atoms with Gasteiger partial charge >= 0.3 is 0 Å². The van der Waals surface area contributed by atoms with Crippen molar-refractivity contribution in [2.24, 2.45) is 11.3 Å². The molecule has 0 aliphatic heterocycles. The molecule has 2 nitrogen and oxygen atoms in total. The molecule has 0 amide bonds. The third-order valence-corrected chi connectivity index (χ3v) is 4.18. The quantitative estimate of drug-likeness (QED) is 0.814. The van der Waals surface area contributed by atoms with Gasteiger partial charge in [0.1, 0.15) is 12.4 Å². The van der Waals surface area contributed by atoms with Crippen LogP contribution in [0.5, 0.6) is 5.75 Å². The van der Waals surface area contributed by atoms with E-state index in [0.29, 0.717) is 11.5 Å². The zero-order valence-electron chi connectivity index (χ0n) is 13.4. The first-order chi connectivity index (χ1) is 9.44. The Hall–Kier alpha value is -1.02. The van der Waals surface area contributed by atoms with Crippen LogP contribution in [-0.2, 0) is 0 Å². The van der Waals surface area contributed by atoms with Gasteiger partial charge in [-0.3, -0.25) is 0 Å². The standard InChI is InChI=1S/C18H29NO/c1-14-6-5-7-17(11-14)20-9-8-19-16-10-15(2)12-18(3,4)13-16/h5-7,11,15-16,19H,8-10,12-13H2,1-4H3. The number of hydrogen-bond acceptors (Lipinski definition) is 2. The van der Waals surface area contributed by atoms with Crippen LogP contribution >= 0.6 is 0 Å². The Bertz CT molecular complexity index is 427. The van der Waals surface area contributed by atoms with Crippen LogP contribution in [0.25, 0.3) is 0 Å². The van der Waals surface area contributed by atoms with Crippen molar-refractivity contribution in [3.8, 4) is 5.75 Å². The van der Waals surface area contributed by atoms with Crippen LogP contribution in [0.2, 0.25) is 0 Å². The summed E-state index contributed by atoms with van der Waals surface area (Å²) in [4.78, 5) is 0. The summed E-state index contributed by atoms with van der Waals surface area (Å²) in [5.74, 6) is 1.80. The molecule has 1 aromatic rings. The highest BCUT2D eigenvalue weighted by Gasteiger charge is 2.31. The van der Waals surface area contributed by atoms with E-state index in [9.17, 15) is 0 Å². The minimum absolute atomic E-state index is 0.479. The molecule has 1 fully saturated rings. The third kappa shape index (κ3) is 4.82. The maximum absolute atomic E-state index is 5.79. The molecule has 0 bridgehead atoms. The molecule has 1 saturated carbocycles. The van der Waals surface area contributed by atoms with Gasteiger partial charge in [0, 0.05) is 12.6 Å². The predicted octanol–water partition coefficient (Wildman–Crippen LogP) is 4.18. The lowest BCUT2D eigenvalue weighted by atomic mass is 9.70. The second-order valence-electron chi connectivity index (χ2n) is 7.23. The van der Waals surface area contributed by atoms with Crippen molar-refractivity contribution in [1.29, 1.82) is 0 Å². The van der Waals surface area contributed by atoms with Crippen molar-refractivity contribution in [1.82, 2.24) is 5.32 Å². The van der Waals surface area contributed by atoms with Gasteiger partial charge in [0.2, 0.25) is 0 Å². The van der Waals surface area contributed by atoms with E-state index in [1.165, 1.54) is 24.8 Å². The summed E-state index contributed by atoms with van der Waals surface area (Å²) in [7, 11) is 0. The van der Waals surface area contributed by atoms with Crippen LogP contribution in [0.1, 0.15) is 45.6 Å². The maximum Gasteiger partial charge on any atom is 0.119 e. The summed E-state index contributed by atoms with van der Waals surface area (Å²) in [5.41, 5.74) is 1.73. The maximum atomic E-state index is 5.79. The predicted molar refractivity (Wildman–Crippen MR) is 85.3 cm³/mol. The van der Waals surface area contributed by atoms with Crippen molar-refractivity contribution < 1.29 is 4.74 Å². The Morgan fingerprint density at radius 3 is 2.80 bits per heavy atom. The first-order valence-electron chi connectivity index (χ1n) is 7.87. The smallest absolute Gasteiger partial charge is 0.119 e. The fourth-order valence-electron chi connectivity index (χ4n) is 3.64. The van der Waals surface area contributed by atoms with Gasteiger partial charge in [0.25, 0.3) is 0 Å². The first kappa shape index (κ1) is 15.4. The molecule has 0 heterocycles. The van der Waals surface area contributed by atoms with Crippen molar-refractivity contribution in [3.63, 3.8) is 0 Å². The molecule has 1 N–H and O–H groups in total. The normalized spacial score (nSPS) is 25.4. The number of nitrogens with one attached hydrogen (secondary N) is 1. The van der Waals surface area contributed by atoms with Gasteiger partial charge in [0.05, 0.1) is 0 Å². The number of hydrogen-bond donors (Lipinski definition) is 1. The molecule has 2 rings (SSSR count). The molecule has 0 spiro atoms. The molecule has 0 aromatic heterocycles. The van der Waals surface area contributed by atoms with Crippen molar-refractivity contribution in [2.75, 3.05) is 13.2 Å². The SMILES string of the molecule is Cc1cccc(OCCNC2CC(C)CC(C)(C)C2)c1. The van der Waals surface area contributed by atoms with E-state index >= 15 is 0 Å². The lowest BCUT2D eigenvalue weighted by molar-refractivity contribution is 0.148. The van der Waals surface area contributed by atoms with E-state index in [1.54, 1.807) is 0 Å². The fraction of sp³-hybridized carbons (Fsp3) is 0.667. The summed E-state index contributed by atoms with van der Waals surface area (Å²) in [5, 5.41) is 3.67. The Labute approximate surface area is 123 Å². The number of aryl methyl sites for hydroxylation is 1. The summed E-state index contributed by atoms with van der Waals surface area (Å²) in [6.45, 7) is 10.9. The van der Waals surface area contributed by atoms with Gasteiger partial charge in [-0.05, 0) is 55.2 Å². The summed E-state index contributed by atoms with van der Waals surface area (Å²) >= 11 is 0. The number of rotatable bonds is 5. The Kier molecular flexibility index (Phi) is 5.09. The lowest BCUT2D eigenvalue weighted by Crippen LogP contribution is -2.41. The molecular weight excluding hydrogens is 246 g/mol. The van der Waals surface area contributed by atoms with E-state index in [-0.39, 0.29) is 0 Å². The molecule has 1 aliphatic carbocycles. The molecule has 112 valence electrons. The van der Waals surface area contributed by atoms with Crippen LogP contribution in [0.15, 0.2) is 24.3 Å². The molecule has 2 heteroatoms. The number of ether oxygens (including phenoxy) is 1. The zero-order valence-corrected chi connectivity index (χ0v) is 13.4. The van der Waals surface area contributed by atoms with E-state index in [2.05, 4.69) is 45.1 Å². The lowest BCUT2D eigenvalue weighted by Gasteiger charge is -2.39. The Morgan fingerprint density at radius 2 is 2.10 bits per heavy atom. The van der Waals surface area contributed by atoms with Crippen LogP contribution < -0.4 is 10.1 Å². The summed E-state index contributed by atoms with van der Waals surface area (Å²) in [6, 6.07) is 8.90. The van der Waals surface area contributed by atoms with E-state index in [0.717, 1.165) is 24.8 Å². The van der Waals surface area contributed by atoms with E-state index in [1.807, 2.05) is 12.1 Å². The minimum Gasteiger partial charge on any atom is -0.492 e. The Morgan fingerprint density at radius 1 is 1.30 bits per heavy atom. The first-order valence-corrected chi connectivity index (χ1v) is 7.87. The van der Waals surface area contributed by atoms with Gasteiger partial charge in [-0.25, -0.2) is 0 Å². The highest BCUT2D eigenvalue weighted by Crippen LogP contribution is 2.38. The van der Waals surface area contributed by atoms with Crippen molar-refractivity contribution in [3.05, 3.63) is 29.8 Å². The van der Waals surface area contributed by atoms with Crippen molar-refractivity contribution in [2.45, 2.75) is 53.0 Å². The van der Waals surface area contributed by atoms with Gasteiger partial charge in [-0.2, -0.15) is 0 Å². The average Bonchev–Trinajstić information content (AvgIpc) is 2.32. The van der Waals surface area contributed by atoms with Gasteiger partial charge in [-0.1, -0.05) is 32.9 Å². The molecule has 2 unspecified atom stereocenters. The topological polar surface area (TPSA) is 21.3 Å². The average molecular weight is 275 g/mol. The van der Waals surface area contributed by atoms with Gasteiger partial charge < -0.3 is 10.1 Å². The summed E-state index contributed by atoms with van der Waals surface area (Å²) < 4.78 is 5.79. The van der Waals surface area contributed by atoms with Crippen LogP contribution in [0, 0.1) is 18.3 Å². The molecule has 1 aliphatic rings. The molecule has 2 atom stereocenters. The molecule has 0 radical (unpaired) electrons. The highest BCUT2D eigenvalue weighted by molar-refractivity contribution is 5.27. The van der Waals surface area contributed by atoms with E-state index in [4.69, 9.17) is 4.74 Å². The van der Waals surface area contributed by atoms with Gasteiger partial charge in [0.15, 0.2) is 0 Å². The highest BCUT2D eigenvalue weighted by atomic mass is 16.5. The minimum atomic E-state index is 0.479. The van der Waals surface area contributed by atoms with Gasteiger partial charge in [-0.15, -0.1) is 0 Å². The second kappa shape index (κ2) is 6.62. The van der Waals surface area contributed by atoms with Crippen molar-refractivity contribution >= 4 is 0 Å². The zero-order chi connectivity index (χ0) is 14.6.